The Labute approximate surface area is 146 Å². The van der Waals surface area contributed by atoms with Gasteiger partial charge in [0, 0.05) is 11.8 Å². The SMILES string of the molecule is CC1=CC(C2=CC3c4c(C)cc(C)cc4C(C)(C)C3C=C2)CC=C1. The Morgan fingerprint density at radius 3 is 2.54 bits per heavy atom. The van der Waals surface area contributed by atoms with Crippen LogP contribution in [-0.2, 0) is 5.41 Å². The summed E-state index contributed by atoms with van der Waals surface area (Å²) in [5.74, 6) is 1.67. The monoisotopic (exact) mass is 316 g/mol. The summed E-state index contributed by atoms with van der Waals surface area (Å²) < 4.78 is 0. The molecule has 3 unspecified atom stereocenters. The highest BCUT2D eigenvalue weighted by molar-refractivity contribution is 5.55. The maximum Gasteiger partial charge on any atom is 0.0101 e. The highest BCUT2D eigenvalue weighted by Crippen LogP contribution is 2.55. The maximum atomic E-state index is 2.58. The first-order chi connectivity index (χ1) is 11.4. The zero-order chi connectivity index (χ0) is 17.1. The summed E-state index contributed by atoms with van der Waals surface area (Å²) in [5.41, 5.74) is 9.11. The van der Waals surface area contributed by atoms with E-state index in [2.05, 4.69) is 83.2 Å². The molecule has 0 radical (unpaired) electrons. The van der Waals surface area contributed by atoms with E-state index in [4.69, 9.17) is 0 Å². The van der Waals surface area contributed by atoms with Gasteiger partial charge in [-0.05, 0) is 60.8 Å². The van der Waals surface area contributed by atoms with E-state index in [9.17, 15) is 0 Å². The Morgan fingerprint density at radius 1 is 1.00 bits per heavy atom. The van der Waals surface area contributed by atoms with Gasteiger partial charge in [0.15, 0.2) is 0 Å². The van der Waals surface area contributed by atoms with E-state index < -0.39 is 0 Å². The van der Waals surface area contributed by atoms with Crippen molar-refractivity contribution in [1.29, 1.82) is 0 Å². The van der Waals surface area contributed by atoms with Crippen molar-refractivity contribution in [2.24, 2.45) is 11.8 Å². The van der Waals surface area contributed by atoms with E-state index in [0.29, 0.717) is 17.8 Å². The fourth-order valence-corrected chi connectivity index (χ4v) is 5.11. The first-order valence-corrected chi connectivity index (χ1v) is 9.24. The van der Waals surface area contributed by atoms with Gasteiger partial charge >= 0.3 is 0 Å². The average Bonchev–Trinajstić information content (AvgIpc) is 2.75. The van der Waals surface area contributed by atoms with Gasteiger partial charge in [0.1, 0.15) is 0 Å². The lowest BCUT2D eigenvalue weighted by molar-refractivity contribution is 0.391. The lowest BCUT2D eigenvalue weighted by atomic mass is 9.72. The minimum absolute atomic E-state index is 0.216. The number of hydrogen-bond acceptors (Lipinski definition) is 0. The number of rotatable bonds is 1. The molecular formula is C24H28. The molecule has 0 heterocycles. The van der Waals surface area contributed by atoms with E-state index >= 15 is 0 Å². The Morgan fingerprint density at radius 2 is 1.79 bits per heavy atom. The molecule has 0 nitrogen and oxygen atoms in total. The van der Waals surface area contributed by atoms with Gasteiger partial charge in [-0.1, -0.05) is 73.6 Å². The van der Waals surface area contributed by atoms with Gasteiger partial charge in [0.05, 0.1) is 0 Å². The van der Waals surface area contributed by atoms with Crippen LogP contribution in [0.3, 0.4) is 0 Å². The predicted octanol–water partition coefficient (Wildman–Crippen LogP) is 6.31. The van der Waals surface area contributed by atoms with Crippen molar-refractivity contribution in [3.63, 3.8) is 0 Å². The topological polar surface area (TPSA) is 0 Å². The van der Waals surface area contributed by atoms with Crippen LogP contribution < -0.4 is 0 Å². The molecule has 0 amide bonds. The van der Waals surface area contributed by atoms with Crippen LogP contribution in [0.4, 0.5) is 0 Å². The van der Waals surface area contributed by atoms with Crippen molar-refractivity contribution in [2.45, 2.75) is 52.4 Å². The van der Waals surface area contributed by atoms with Gasteiger partial charge in [-0.3, -0.25) is 0 Å². The van der Waals surface area contributed by atoms with E-state index in [-0.39, 0.29) is 5.41 Å². The van der Waals surface area contributed by atoms with Gasteiger partial charge in [-0.2, -0.15) is 0 Å². The standard InChI is InChI=1S/C24H28/c1-15-7-6-8-18(12-15)19-9-10-21-20(14-19)23-17(3)11-16(2)13-22(23)24(21,4)5/h6-7,9-14,18,20-21H,8H2,1-5H3. The minimum Gasteiger partial charge on any atom is -0.0834 e. The summed E-state index contributed by atoms with van der Waals surface area (Å²) in [7, 11) is 0. The zero-order valence-corrected chi connectivity index (χ0v) is 15.6. The molecule has 3 aliphatic carbocycles. The summed E-state index contributed by atoms with van der Waals surface area (Å²) >= 11 is 0. The average molecular weight is 316 g/mol. The van der Waals surface area contributed by atoms with Crippen molar-refractivity contribution >= 4 is 0 Å². The Balaban J connectivity index is 1.80. The molecular weight excluding hydrogens is 288 g/mol. The highest BCUT2D eigenvalue weighted by atomic mass is 14.5. The van der Waals surface area contributed by atoms with E-state index in [1.54, 1.807) is 11.1 Å². The molecule has 0 heteroatoms. The van der Waals surface area contributed by atoms with Crippen LogP contribution in [-0.4, -0.2) is 0 Å². The van der Waals surface area contributed by atoms with Crippen LogP contribution in [0.2, 0.25) is 0 Å². The number of allylic oxidation sites excluding steroid dienone is 8. The molecule has 124 valence electrons. The van der Waals surface area contributed by atoms with Crippen molar-refractivity contribution in [1.82, 2.24) is 0 Å². The number of benzene rings is 1. The molecule has 0 saturated heterocycles. The smallest absolute Gasteiger partial charge is 0.0101 e. The quantitative estimate of drug-likeness (QED) is 0.569. The van der Waals surface area contributed by atoms with Crippen molar-refractivity contribution in [2.75, 3.05) is 0 Å². The minimum atomic E-state index is 0.216. The second kappa shape index (κ2) is 5.34. The Hall–Kier alpha value is -1.82. The van der Waals surface area contributed by atoms with Crippen LogP contribution in [0, 0.1) is 25.7 Å². The van der Waals surface area contributed by atoms with Crippen LogP contribution in [0.1, 0.15) is 55.4 Å². The number of fused-ring (bicyclic) bond motifs is 3. The molecule has 0 N–H and O–H groups in total. The van der Waals surface area contributed by atoms with Crippen molar-refractivity contribution < 1.29 is 0 Å². The molecule has 4 rings (SSSR count). The van der Waals surface area contributed by atoms with E-state index in [1.165, 1.54) is 22.3 Å². The number of aryl methyl sites for hydroxylation is 2. The van der Waals surface area contributed by atoms with E-state index in [1.807, 2.05) is 0 Å². The largest absolute Gasteiger partial charge is 0.0834 e. The van der Waals surface area contributed by atoms with Gasteiger partial charge in [-0.15, -0.1) is 0 Å². The first kappa shape index (κ1) is 15.7. The Bertz CT molecular complexity index is 811. The van der Waals surface area contributed by atoms with Crippen molar-refractivity contribution in [3.05, 3.63) is 82.0 Å². The van der Waals surface area contributed by atoms with Gasteiger partial charge in [0.25, 0.3) is 0 Å². The summed E-state index contributed by atoms with van der Waals surface area (Å²) in [4.78, 5) is 0. The zero-order valence-electron chi connectivity index (χ0n) is 15.6. The molecule has 1 aromatic rings. The molecule has 24 heavy (non-hydrogen) atoms. The molecule has 0 bridgehead atoms. The Kier molecular flexibility index (Phi) is 3.49. The first-order valence-electron chi connectivity index (χ1n) is 9.24. The normalized spacial score (nSPS) is 29.8. The molecule has 0 fully saturated rings. The molecule has 3 aliphatic rings. The molecule has 1 aromatic carbocycles. The third-order valence-corrected chi connectivity index (χ3v) is 6.31. The number of hydrogen-bond donors (Lipinski definition) is 0. The second-order valence-corrected chi connectivity index (χ2v) is 8.50. The summed E-state index contributed by atoms with van der Waals surface area (Å²) in [5, 5.41) is 0. The fraction of sp³-hybridized carbons (Fsp3) is 0.417. The van der Waals surface area contributed by atoms with Crippen LogP contribution >= 0.6 is 0 Å². The fourth-order valence-electron chi connectivity index (χ4n) is 5.11. The molecule has 0 saturated carbocycles. The van der Waals surface area contributed by atoms with E-state index in [0.717, 1.165) is 6.42 Å². The van der Waals surface area contributed by atoms with Gasteiger partial charge in [0.2, 0.25) is 0 Å². The molecule has 3 atom stereocenters. The molecule has 0 aromatic heterocycles. The highest BCUT2D eigenvalue weighted by Gasteiger charge is 2.46. The van der Waals surface area contributed by atoms with Crippen molar-refractivity contribution in [3.8, 4) is 0 Å². The van der Waals surface area contributed by atoms with Crippen LogP contribution in [0.25, 0.3) is 0 Å². The van der Waals surface area contributed by atoms with Crippen LogP contribution in [0.5, 0.6) is 0 Å². The lowest BCUT2D eigenvalue weighted by Crippen LogP contribution is -2.25. The second-order valence-electron chi connectivity index (χ2n) is 8.50. The summed E-state index contributed by atoms with van der Waals surface area (Å²) in [6.07, 6.45) is 15.6. The van der Waals surface area contributed by atoms with Gasteiger partial charge in [-0.25, -0.2) is 0 Å². The predicted molar refractivity (Wildman–Crippen MR) is 103 cm³/mol. The third-order valence-electron chi connectivity index (χ3n) is 6.31. The lowest BCUT2D eigenvalue weighted by Gasteiger charge is -2.32. The van der Waals surface area contributed by atoms with Crippen LogP contribution in [0.15, 0.2) is 59.7 Å². The summed E-state index contributed by atoms with van der Waals surface area (Å²) in [6.45, 7) is 11.6. The van der Waals surface area contributed by atoms with Gasteiger partial charge < -0.3 is 0 Å². The maximum absolute atomic E-state index is 2.58. The molecule has 0 spiro atoms. The third kappa shape index (κ3) is 2.27. The summed E-state index contributed by atoms with van der Waals surface area (Å²) in [6, 6.07) is 4.78. The molecule has 0 aliphatic heterocycles.